The summed E-state index contributed by atoms with van der Waals surface area (Å²) in [6.45, 7) is 2.16. The van der Waals surface area contributed by atoms with Crippen molar-refractivity contribution in [2.75, 3.05) is 6.61 Å². The number of aromatic nitrogens is 2. The van der Waals surface area contributed by atoms with Crippen LogP contribution in [0, 0.1) is 0 Å². The van der Waals surface area contributed by atoms with Gasteiger partial charge in [0.2, 0.25) is 0 Å². The van der Waals surface area contributed by atoms with Crippen molar-refractivity contribution >= 4 is 11.0 Å². The van der Waals surface area contributed by atoms with E-state index in [1.807, 2.05) is 59.2 Å². The zero-order chi connectivity index (χ0) is 16.2. The Bertz CT molecular complexity index is 768. The number of hydrogen-bond acceptors (Lipinski definition) is 4. The van der Waals surface area contributed by atoms with Crippen molar-refractivity contribution in [2.24, 2.45) is 0 Å². The number of aliphatic hydroxyl groups is 2. The molecule has 0 aliphatic carbocycles. The first-order valence-electron chi connectivity index (χ1n) is 7.64. The average molecular weight is 312 g/mol. The molecule has 2 atom stereocenters. The lowest BCUT2D eigenvalue weighted by Crippen LogP contribution is -2.25. The Morgan fingerprint density at radius 3 is 2.48 bits per heavy atom. The molecule has 120 valence electrons. The number of fused-ring (bicyclic) bond motifs is 1. The van der Waals surface area contributed by atoms with Crippen molar-refractivity contribution < 1.29 is 14.9 Å². The molecular weight excluding hydrogens is 292 g/mol. The number of nitrogens with zero attached hydrogens (tertiary/aromatic N) is 2. The van der Waals surface area contributed by atoms with Crippen LogP contribution in [0.15, 0.2) is 54.6 Å². The van der Waals surface area contributed by atoms with Crippen molar-refractivity contribution in [3.8, 4) is 5.75 Å². The molecule has 1 heterocycles. The maximum atomic E-state index is 10.3. The molecular formula is C18H20N2O3. The van der Waals surface area contributed by atoms with Gasteiger partial charge in [0, 0.05) is 0 Å². The van der Waals surface area contributed by atoms with Gasteiger partial charge in [-0.1, -0.05) is 30.3 Å². The summed E-state index contributed by atoms with van der Waals surface area (Å²) in [5.74, 6) is 1.27. The third-order valence-electron chi connectivity index (χ3n) is 3.64. The van der Waals surface area contributed by atoms with E-state index in [0.717, 1.165) is 16.8 Å². The Labute approximate surface area is 134 Å². The highest BCUT2D eigenvalue weighted by Gasteiger charge is 2.17. The number of ether oxygens (including phenoxy) is 1. The fourth-order valence-electron chi connectivity index (χ4n) is 2.58. The minimum Gasteiger partial charge on any atom is -0.491 e. The van der Waals surface area contributed by atoms with Gasteiger partial charge in [0.1, 0.15) is 30.4 Å². The number of benzene rings is 2. The third kappa shape index (κ3) is 3.52. The van der Waals surface area contributed by atoms with E-state index in [1.165, 1.54) is 0 Å². The molecule has 0 radical (unpaired) electrons. The van der Waals surface area contributed by atoms with E-state index < -0.39 is 12.2 Å². The summed E-state index contributed by atoms with van der Waals surface area (Å²) in [7, 11) is 0. The molecule has 3 rings (SSSR count). The lowest BCUT2D eigenvalue weighted by Gasteiger charge is -2.16. The van der Waals surface area contributed by atoms with Crippen LogP contribution in [0.4, 0.5) is 0 Å². The van der Waals surface area contributed by atoms with Crippen LogP contribution in [-0.4, -0.2) is 32.5 Å². The van der Waals surface area contributed by atoms with E-state index in [2.05, 4.69) is 4.98 Å². The Hall–Kier alpha value is -2.37. The number of hydrogen-bond donors (Lipinski definition) is 2. The summed E-state index contributed by atoms with van der Waals surface area (Å²) in [4.78, 5) is 4.44. The first-order valence-corrected chi connectivity index (χ1v) is 7.64. The van der Waals surface area contributed by atoms with E-state index in [0.29, 0.717) is 12.4 Å². The predicted octanol–water partition coefficient (Wildman–Crippen LogP) is 2.53. The monoisotopic (exact) mass is 312 g/mol. The van der Waals surface area contributed by atoms with E-state index in [4.69, 9.17) is 4.74 Å². The lowest BCUT2D eigenvalue weighted by molar-refractivity contribution is 0.0895. The molecule has 23 heavy (non-hydrogen) atoms. The van der Waals surface area contributed by atoms with Crippen molar-refractivity contribution in [1.29, 1.82) is 0 Å². The molecule has 5 heteroatoms. The molecule has 0 aliphatic rings. The van der Waals surface area contributed by atoms with Gasteiger partial charge in [-0.25, -0.2) is 4.98 Å². The minimum absolute atomic E-state index is 0.176. The molecule has 0 bridgehead atoms. The highest BCUT2D eigenvalue weighted by atomic mass is 16.5. The Kier molecular flexibility index (Phi) is 4.60. The molecule has 0 aliphatic heterocycles. The quantitative estimate of drug-likeness (QED) is 0.734. The fraction of sp³-hybridized carbons (Fsp3) is 0.278. The van der Waals surface area contributed by atoms with Gasteiger partial charge in [-0.3, -0.25) is 0 Å². The number of imidazole rings is 1. The topological polar surface area (TPSA) is 67.5 Å². The second kappa shape index (κ2) is 6.81. The molecule has 0 fully saturated rings. The van der Waals surface area contributed by atoms with Crippen molar-refractivity contribution in [3.05, 3.63) is 60.4 Å². The minimum atomic E-state index is -0.704. The van der Waals surface area contributed by atoms with Crippen molar-refractivity contribution in [2.45, 2.75) is 25.7 Å². The largest absolute Gasteiger partial charge is 0.491 e. The molecule has 2 N–H and O–H groups in total. The smallest absolute Gasteiger partial charge is 0.138 e. The Morgan fingerprint density at radius 2 is 1.74 bits per heavy atom. The molecule has 0 saturated carbocycles. The molecule has 2 aromatic carbocycles. The average Bonchev–Trinajstić information content (AvgIpc) is 2.93. The second-order valence-electron chi connectivity index (χ2n) is 5.52. The Balaban J connectivity index is 1.76. The van der Waals surface area contributed by atoms with E-state index in [1.54, 1.807) is 6.92 Å². The Morgan fingerprint density at radius 1 is 1.04 bits per heavy atom. The first kappa shape index (κ1) is 15.5. The summed E-state index contributed by atoms with van der Waals surface area (Å²) in [6.07, 6.45) is -1.41. The maximum Gasteiger partial charge on any atom is 0.138 e. The second-order valence-corrected chi connectivity index (χ2v) is 5.52. The summed E-state index contributed by atoms with van der Waals surface area (Å²) in [6, 6.07) is 17.0. The van der Waals surface area contributed by atoms with Crippen LogP contribution in [0.3, 0.4) is 0 Å². The van der Waals surface area contributed by atoms with Gasteiger partial charge in [-0.15, -0.1) is 0 Å². The number of para-hydroxylation sites is 3. The van der Waals surface area contributed by atoms with Crippen LogP contribution < -0.4 is 4.74 Å². The molecule has 3 aromatic rings. The summed E-state index contributed by atoms with van der Waals surface area (Å²) in [5, 5.41) is 20.2. The summed E-state index contributed by atoms with van der Waals surface area (Å²) in [5.41, 5.74) is 1.70. The van der Waals surface area contributed by atoms with Crippen molar-refractivity contribution in [1.82, 2.24) is 9.55 Å². The first-order chi connectivity index (χ1) is 11.1. The SMILES string of the molecule is C[C@@H](O)c1nc2ccccc2n1C[C@@H](O)COc1ccccc1. The predicted molar refractivity (Wildman–Crippen MR) is 88.3 cm³/mol. The van der Waals surface area contributed by atoms with E-state index >= 15 is 0 Å². The van der Waals surface area contributed by atoms with Gasteiger partial charge in [-0.2, -0.15) is 0 Å². The molecule has 0 unspecified atom stereocenters. The van der Waals surface area contributed by atoms with Gasteiger partial charge in [0.15, 0.2) is 0 Å². The van der Waals surface area contributed by atoms with Gasteiger partial charge in [0.05, 0.1) is 17.6 Å². The third-order valence-corrected chi connectivity index (χ3v) is 3.64. The van der Waals surface area contributed by atoms with Crippen molar-refractivity contribution in [3.63, 3.8) is 0 Å². The van der Waals surface area contributed by atoms with Gasteiger partial charge in [-0.05, 0) is 31.2 Å². The molecule has 0 amide bonds. The van der Waals surface area contributed by atoms with Crippen LogP contribution in [0.1, 0.15) is 18.9 Å². The standard InChI is InChI=1S/C18H20N2O3/c1-13(21)18-19-16-9-5-6-10-17(16)20(18)11-14(22)12-23-15-7-3-2-4-8-15/h2-10,13-14,21-22H,11-12H2,1H3/t13-,14-/m1/s1. The highest BCUT2D eigenvalue weighted by Crippen LogP contribution is 2.21. The lowest BCUT2D eigenvalue weighted by atomic mass is 10.3. The van der Waals surface area contributed by atoms with Gasteiger partial charge < -0.3 is 19.5 Å². The highest BCUT2D eigenvalue weighted by molar-refractivity contribution is 5.76. The van der Waals surface area contributed by atoms with E-state index in [-0.39, 0.29) is 6.61 Å². The molecule has 5 nitrogen and oxygen atoms in total. The molecule has 0 saturated heterocycles. The summed E-state index contributed by atoms with van der Waals surface area (Å²) < 4.78 is 7.43. The molecule has 0 spiro atoms. The maximum absolute atomic E-state index is 10.3. The van der Waals surface area contributed by atoms with E-state index in [9.17, 15) is 10.2 Å². The van der Waals surface area contributed by atoms with Gasteiger partial charge in [0.25, 0.3) is 0 Å². The number of rotatable bonds is 6. The van der Waals surface area contributed by atoms with Crippen LogP contribution >= 0.6 is 0 Å². The van der Waals surface area contributed by atoms with Crippen LogP contribution in [-0.2, 0) is 6.54 Å². The van der Waals surface area contributed by atoms with Crippen LogP contribution in [0.2, 0.25) is 0 Å². The normalized spacial score (nSPS) is 13.9. The molecule has 1 aromatic heterocycles. The van der Waals surface area contributed by atoms with Gasteiger partial charge >= 0.3 is 0 Å². The summed E-state index contributed by atoms with van der Waals surface area (Å²) >= 11 is 0. The zero-order valence-corrected chi connectivity index (χ0v) is 13.0. The van der Waals surface area contributed by atoms with Crippen LogP contribution in [0.5, 0.6) is 5.75 Å². The van der Waals surface area contributed by atoms with Crippen LogP contribution in [0.25, 0.3) is 11.0 Å². The fourth-order valence-corrected chi connectivity index (χ4v) is 2.58. The number of aliphatic hydroxyl groups excluding tert-OH is 2. The zero-order valence-electron chi connectivity index (χ0n) is 13.0.